The minimum absolute atomic E-state index is 0.0712. The summed E-state index contributed by atoms with van der Waals surface area (Å²) in [5.74, 6) is 0. The van der Waals surface area contributed by atoms with Crippen LogP contribution in [0.3, 0.4) is 0 Å². The summed E-state index contributed by atoms with van der Waals surface area (Å²) in [6, 6.07) is 4.92. The molecule has 9 heteroatoms. The van der Waals surface area contributed by atoms with E-state index in [0.717, 1.165) is 24.0 Å². The minimum Gasteiger partial charge on any atom is -0.377 e. The molecule has 0 unspecified atom stereocenters. The SMILES string of the molecule is CS(=O)(=O)N1CCc2ccc(S(=O)(=O)NC[C@H]3CCCO3)cc2C1. The maximum Gasteiger partial charge on any atom is 0.240 e. The van der Waals surface area contributed by atoms with Crippen molar-refractivity contribution in [3.63, 3.8) is 0 Å². The first-order valence-electron chi connectivity index (χ1n) is 7.94. The molecule has 2 aliphatic heterocycles. The molecule has 0 aliphatic carbocycles. The molecule has 1 fully saturated rings. The minimum atomic E-state index is -3.63. The number of fused-ring (bicyclic) bond motifs is 1. The summed E-state index contributed by atoms with van der Waals surface area (Å²) in [6.45, 7) is 1.57. The second-order valence-corrected chi connectivity index (χ2v) is 10.0. The van der Waals surface area contributed by atoms with Gasteiger partial charge in [-0.15, -0.1) is 0 Å². The highest BCUT2D eigenvalue weighted by Crippen LogP contribution is 2.24. The summed E-state index contributed by atoms with van der Waals surface area (Å²) >= 11 is 0. The molecule has 0 spiro atoms. The van der Waals surface area contributed by atoms with Gasteiger partial charge in [0.1, 0.15) is 0 Å². The predicted molar refractivity (Wildman–Crippen MR) is 89.6 cm³/mol. The third kappa shape index (κ3) is 3.97. The van der Waals surface area contributed by atoms with Crippen molar-refractivity contribution >= 4 is 20.0 Å². The molecule has 0 aromatic heterocycles. The highest BCUT2D eigenvalue weighted by atomic mass is 32.2. The smallest absolute Gasteiger partial charge is 0.240 e. The van der Waals surface area contributed by atoms with Gasteiger partial charge in [0.15, 0.2) is 0 Å². The molecule has 3 rings (SSSR count). The van der Waals surface area contributed by atoms with E-state index in [9.17, 15) is 16.8 Å². The van der Waals surface area contributed by atoms with Crippen molar-refractivity contribution in [1.29, 1.82) is 0 Å². The first kappa shape index (κ1) is 17.8. The highest BCUT2D eigenvalue weighted by molar-refractivity contribution is 7.89. The Morgan fingerprint density at radius 1 is 1.25 bits per heavy atom. The number of hydrogen-bond acceptors (Lipinski definition) is 5. The molecule has 1 saturated heterocycles. The summed E-state index contributed by atoms with van der Waals surface area (Å²) in [7, 11) is -6.92. The number of nitrogens with one attached hydrogen (secondary N) is 1. The first-order chi connectivity index (χ1) is 11.3. The van der Waals surface area contributed by atoms with Gasteiger partial charge in [0.2, 0.25) is 20.0 Å². The number of hydrogen-bond donors (Lipinski definition) is 1. The van der Waals surface area contributed by atoms with Crippen LogP contribution in [-0.4, -0.2) is 53.2 Å². The van der Waals surface area contributed by atoms with Gasteiger partial charge in [0.05, 0.1) is 17.3 Å². The van der Waals surface area contributed by atoms with E-state index in [1.807, 2.05) is 0 Å². The highest BCUT2D eigenvalue weighted by Gasteiger charge is 2.25. The Bertz CT molecular complexity index is 814. The number of benzene rings is 1. The van der Waals surface area contributed by atoms with Gasteiger partial charge < -0.3 is 4.74 Å². The topological polar surface area (TPSA) is 92.8 Å². The van der Waals surface area contributed by atoms with Gasteiger partial charge >= 0.3 is 0 Å². The predicted octanol–water partition coefficient (Wildman–Crippen LogP) is 0.462. The van der Waals surface area contributed by atoms with Crippen LogP contribution in [-0.2, 0) is 37.7 Å². The van der Waals surface area contributed by atoms with Crippen LogP contribution in [0, 0.1) is 0 Å². The van der Waals surface area contributed by atoms with E-state index in [1.165, 1.54) is 10.6 Å². The summed E-state index contributed by atoms with van der Waals surface area (Å²) in [5, 5.41) is 0. The molecule has 0 bridgehead atoms. The van der Waals surface area contributed by atoms with E-state index in [-0.39, 0.29) is 24.1 Å². The molecule has 1 atom stereocenters. The molecule has 0 radical (unpaired) electrons. The van der Waals surface area contributed by atoms with Crippen LogP contribution >= 0.6 is 0 Å². The Morgan fingerprint density at radius 3 is 2.71 bits per heavy atom. The molecule has 0 amide bonds. The normalized spacial score (nSPS) is 22.5. The van der Waals surface area contributed by atoms with Crippen molar-refractivity contribution in [2.75, 3.05) is 26.0 Å². The zero-order valence-corrected chi connectivity index (χ0v) is 15.2. The molecule has 134 valence electrons. The molecule has 1 aromatic rings. The molecular formula is C15H22N2O5S2. The molecule has 7 nitrogen and oxygen atoms in total. The summed E-state index contributed by atoms with van der Waals surface area (Å²) in [5.41, 5.74) is 1.74. The summed E-state index contributed by atoms with van der Waals surface area (Å²) < 4.78 is 57.7. The third-order valence-corrected chi connectivity index (χ3v) is 7.13. The summed E-state index contributed by atoms with van der Waals surface area (Å²) in [4.78, 5) is 0.162. The van der Waals surface area contributed by atoms with Gasteiger partial charge in [-0.25, -0.2) is 21.6 Å². The number of sulfonamides is 2. The van der Waals surface area contributed by atoms with Crippen molar-refractivity contribution in [2.45, 2.75) is 36.8 Å². The standard InChI is InChI=1S/C15H22N2O5S2/c1-23(18,19)17-7-6-12-4-5-15(9-13(12)11-17)24(20,21)16-10-14-3-2-8-22-14/h4-5,9,14,16H,2-3,6-8,10-11H2,1H3/t14-/m1/s1. The quantitative estimate of drug-likeness (QED) is 0.808. The lowest BCUT2D eigenvalue weighted by Crippen LogP contribution is -2.35. The second-order valence-electron chi connectivity index (χ2n) is 6.26. The fourth-order valence-electron chi connectivity index (χ4n) is 3.05. The molecular weight excluding hydrogens is 352 g/mol. The Kier molecular flexibility index (Phi) is 4.99. The van der Waals surface area contributed by atoms with Crippen LogP contribution in [0.4, 0.5) is 0 Å². The number of rotatable bonds is 5. The van der Waals surface area contributed by atoms with Crippen LogP contribution in [0.1, 0.15) is 24.0 Å². The van der Waals surface area contributed by atoms with Crippen LogP contribution in [0.2, 0.25) is 0 Å². The molecule has 0 saturated carbocycles. The van der Waals surface area contributed by atoms with Crippen molar-refractivity contribution in [2.24, 2.45) is 0 Å². The van der Waals surface area contributed by atoms with Crippen LogP contribution < -0.4 is 4.72 Å². The van der Waals surface area contributed by atoms with Crippen LogP contribution in [0.15, 0.2) is 23.1 Å². The Morgan fingerprint density at radius 2 is 2.04 bits per heavy atom. The maximum absolute atomic E-state index is 12.5. The molecule has 1 N–H and O–H groups in total. The zero-order valence-electron chi connectivity index (χ0n) is 13.6. The van der Waals surface area contributed by atoms with E-state index >= 15 is 0 Å². The van der Waals surface area contributed by atoms with Gasteiger partial charge in [-0.2, -0.15) is 4.31 Å². The monoisotopic (exact) mass is 374 g/mol. The van der Waals surface area contributed by atoms with E-state index in [0.29, 0.717) is 19.6 Å². The molecule has 2 heterocycles. The lowest BCUT2D eigenvalue weighted by atomic mass is 10.0. The van der Waals surface area contributed by atoms with Gasteiger partial charge in [-0.3, -0.25) is 0 Å². The Hall–Kier alpha value is -1.00. The maximum atomic E-state index is 12.5. The fraction of sp³-hybridized carbons (Fsp3) is 0.600. The number of nitrogens with zero attached hydrogens (tertiary/aromatic N) is 1. The lowest BCUT2D eigenvalue weighted by molar-refractivity contribution is 0.114. The lowest BCUT2D eigenvalue weighted by Gasteiger charge is -2.27. The van der Waals surface area contributed by atoms with E-state index in [2.05, 4.69) is 4.72 Å². The zero-order chi connectivity index (χ0) is 17.4. The average Bonchev–Trinajstić information content (AvgIpc) is 3.04. The average molecular weight is 374 g/mol. The second kappa shape index (κ2) is 6.72. The molecule has 1 aromatic carbocycles. The van der Waals surface area contributed by atoms with Crippen LogP contribution in [0.5, 0.6) is 0 Å². The van der Waals surface area contributed by atoms with Gasteiger partial charge in [0, 0.05) is 26.2 Å². The van der Waals surface area contributed by atoms with Crippen LogP contribution in [0.25, 0.3) is 0 Å². The Balaban J connectivity index is 1.77. The van der Waals surface area contributed by atoms with E-state index < -0.39 is 20.0 Å². The fourth-order valence-corrected chi connectivity index (χ4v) is 4.96. The van der Waals surface area contributed by atoms with Crippen molar-refractivity contribution < 1.29 is 21.6 Å². The number of ether oxygens (including phenoxy) is 1. The van der Waals surface area contributed by atoms with E-state index in [1.54, 1.807) is 18.2 Å². The Labute approximate surface area is 143 Å². The van der Waals surface area contributed by atoms with Gasteiger partial charge in [0.25, 0.3) is 0 Å². The van der Waals surface area contributed by atoms with Gasteiger partial charge in [-0.05, 0) is 42.5 Å². The van der Waals surface area contributed by atoms with Gasteiger partial charge in [-0.1, -0.05) is 6.07 Å². The molecule has 24 heavy (non-hydrogen) atoms. The van der Waals surface area contributed by atoms with Crippen molar-refractivity contribution in [3.05, 3.63) is 29.3 Å². The van der Waals surface area contributed by atoms with Crippen molar-refractivity contribution in [1.82, 2.24) is 9.03 Å². The third-order valence-electron chi connectivity index (χ3n) is 4.46. The van der Waals surface area contributed by atoms with E-state index in [4.69, 9.17) is 4.74 Å². The first-order valence-corrected chi connectivity index (χ1v) is 11.3. The summed E-state index contributed by atoms with van der Waals surface area (Å²) in [6.07, 6.45) is 3.49. The molecule has 2 aliphatic rings. The van der Waals surface area contributed by atoms with Crippen molar-refractivity contribution in [3.8, 4) is 0 Å². The largest absolute Gasteiger partial charge is 0.377 e.